The Morgan fingerprint density at radius 1 is 1.14 bits per heavy atom. The minimum Gasteiger partial charge on any atom is -0.507 e. The summed E-state index contributed by atoms with van der Waals surface area (Å²) in [5.74, 6) is -2.84. The van der Waals surface area contributed by atoms with Crippen LogP contribution in [0, 0.1) is 6.92 Å². The lowest BCUT2D eigenvalue weighted by atomic mass is 9.86. The molecule has 0 aliphatic carbocycles. The Labute approximate surface area is 161 Å². The first kappa shape index (κ1) is 19.4. The van der Waals surface area contributed by atoms with Crippen LogP contribution in [0.4, 0.5) is 0 Å². The van der Waals surface area contributed by atoms with Crippen molar-refractivity contribution >= 4 is 22.7 Å². The molecule has 144 valence electrons. The SMILES string of the molecule is CCOC(=O)C(=O)C[C@H](c1ccccc1)c1c(O)c2cc(C)ccc2oc1=O. The molecule has 3 aromatic rings. The van der Waals surface area contributed by atoms with Crippen molar-refractivity contribution in [2.75, 3.05) is 6.61 Å². The fourth-order valence-corrected chi connectivity index (χ4v) is 3.17. The van der Waals surface area contributed by atoms with Gasteiger partial charge in [-0.05, 0) is 31.5 Å². The maximum absolute atomic E-state index is 12.7. The van der Waals surface area contributed by atoms with Gasteiger partial charge in [-0.15, -0.1) is 0 Å². The highest BCUT2D eigenvalue weighted by Gasteiger charge is 2.29. The average molecular weight is 380 g/mol. The number of esters is 1. The van der Waals surface area contributed by atoms with Crippen LogP contribution in [0.15, 0.2) is 57.7 Å². The van der Waals surface area contributed by atoms with E-state index >= 15 is 0 Å². The first-order chi connectivity index (χ1) is 13.4. The van der Waals surface area contributed by atoms with E-state index in [0.717, 1.165) is 5.56 Å². The van der Waals surface area contributed by atoms with Crippen molar-refractivity contribution in [3.05, 3.63) is 75.6 Å². The third-order valence-electron chi connectivity index (χ3n) is 4.51. The number of hydrogen-bond donors (Lipinski definition) is 1. The van der Waals surface area contributed by atoms with Crippen LogP contribution in [-0.2, 0) is 14.3 Å². The summed E-state index contributed by atoms with van der Waals surface area (Å²) in [5.41, 5.74) is 0.929. The van der Waals surface area contributed by atoms with Crippen molar-refractivity contribution in [3.8, 4) is 5.75 Å². The number of benzene rings is 2. The zero-order valence-corrected chi connectivity index (χ0v) is 15.6. The number of ether oxygens (including phenoxy) is 1. The topological polar surface area (TPSA) is 93.8 Å². The number of hydrogen-bond acceptors (Lipinski definition) is 6. The molecule has 0 aliphatic rings. The Morgan fingerprint density at radius 3 is 2.54 bits per heavy atom. The number of ketones is 1. The molecule has 0 fully saturated rings. The molecule has 0 saturated carbocycles. The lowest BCUT2D eigenvalue weighted by Crippen LogP contribution is -2.23. The Kier molecular flexibility index (Phi) is 5.59. The minimum absolute atomic E-state index is 0.0538. The van der Waals surface area contributed by atoms with Crippen LogP contribution in [0.25, 0.3) is 11.0 Å². The molecule has 6 nitrogen and oxygen atoms in total. The molecule has 28 heavy (non-hydrogen) atoms. The van der Waals surface area contributed by atoms with Crippen LogP contribution in [0.2, 0.25) is 0 Å². The quantitative estimate of drug-likeness (QED) is 0.400. The molecule has 2 aromatic carbocycles. The summed E-state index contributed by atoms with van der Waals surface area (Å²) < 4.78 is 10.1. The Hall–Kier alpha value is -3.41. The molecular weight excluding hydrogens is 360 g/mol. The molecule has 0 unspecified atom stereocenters. The van der Waals surface area contributed by atoms with E-state index in [-0.39, 0.29) is 29.9 Å². The van der Waals surface area contributed by atoms with Gasteiger partial charge in [0.05, 0.1) is 17.6 Å². The third-order valence-corrected chi connectivity index (χ3v) is 4.51. The lowest BCUT2D eigenvalue weighted by molar-refractivity contribution is -0.153. The summed E-state index contributed by atoms with van der Waals surface area (Å²) in [6.07, 6.45) is -0.321. The lowest BCUT2D eigenvalue weighted by Gasteiger charge is -2.18. The van der Waals surface area contributed by atoms with E-state index in [1.165, 1.54) is 0 Å². The maximum Gasteiger partial charge on any atom is 0.374 e. The van der Waals surface area contributed by atoms with E-state index in [2.05, 4.69) is 0 Å². The van der Waals surface area contributed by atoms with Crippen LogP contribution in [0.3, 0.4) is 0 Å². The molecule has 1 aromatic heterocycles. The summed E-state index contributed by atoms with van der Waals surface area (Å²) in [6.45, 7) is 3.53. The molecule has 0 aliphatic heterocycles. The third kappa shape index (κ3) is 3.81. The van der Waals surface area contributed by atoms with Crippen molar-refractivity contribution in [2.24, 2.45) is 0 Å². The maximum atomic E-state index is 12.7. The molecule has 0 saturated heterocycles. The standard InChI is InChI=1S/C22H20O6/c1-3-27-21(25)17(23)12-15(14-7-5-4-6-8-14)19-20(24)16-11-13(2)9-10-18(16)28-22(19)26/h4-11,15,24H,3,12H2,1-2H3/t15-/m1/s1. The molecule has 1 atom stereocenters. The Morgan fingerprint density at radius 2 is 1.86 bits per heavy atom. The number of carbonyl (C=O) groups is 2. The molecule has 6 heteroatoms. The molecule has 1 N–H and O–H groups in total. The molecule has 1 heterocycles. The summed E-state index contributed by atoms with van der Waals surface area (Å²) in [7, 11) is 0. The first-order valence-corrected chi connectivity index (χ1v) is 8.93. The highest BCUT2D eigenvalue weighted by molar-refractivity contribution is 6.33. The number of aryl methyl sites for hydroxylation is 1. The predicted molar refractivity (Wildman–Crippen MR) is 103 cm³/mol. The predicted octanol–water partition coefficient (Wildman–Crippen LogP) is 3.46. The van der Waals surface area contributed by atoms with Gasteiger partial charge in [-0.25, -0.2) is 9.59 Å². The average Bonchev–Trinajstić information content (AvgIpc) is 2.68. The van der Waals surface area contributed by atoms with Crippen LogP contribution in [0.5, 0.6) is 5.75 Å². The van der Waals surface area contributed by atoms with E-state index < -0.39 is 23.3 Å². The summed E-state index contributed by atoms with van der Waals surface area (Å²) in [6, 6.07) is 13.8. The minimum atomic E-state index is -0.969. The second-order valence-corrected chi connectivity index (χ2v) is 6.46. The number of carbonyl (C=O) groups excluding carboxylic acids is 2. The van der Waals surface area contributed by atoms with E-state index in [9.17, 15) is 19.5 Å². The summed E-state index contributed by atoms with van der Waals surface area (Å²) >= 11 is 0. The van der Waals surface area contributed by atoms with E-state index in [4.69, 9.17) is 9.15 Å². The fraction of sp³-hybridized carbons (Fsp3) is 0.227. The van der Waals surface area contributed by atoms with Crippen LogP contribution in [-0.4, -0.2) is 23.5 Å². The van der Waals surface area contributed by atoms with Crippen LogP contribution >= 0.6 is 0 Å². The molecule has 0 spiro atoms. The summed E-state index contributed by atoms with van der Waals surface area (Å²) in [5, 5.41) is 11.2. The van der Waals surface area contributed by atoms with E-state index in [0.29, 0.717) is 10.9 Å². The van der Waals surface area contributed by atoms with Crippen molar-refractivity contribution in [2.45, 2.75) is 26.2 Å². The number of aromatic hydroxyl groups is 1. The largest absolute Gasteiger partial charge is 0.507 e. The van der Waals surface area contributed by atoms with Gasteiger partial charge >= 0.3 is 11.6 Å². The first-order valence-electron chi connectivity index (χ1n) is 8.93. The second-order valence-electron chi connectivity index (χ2n) is 6.46. The van der Waals surface area contributed by atoms with Crippen molar-refractivity contribution in [3.63, 3.8) is 0 Å². The number of rotatable bonds is 6. The fourth-order valence-electron chi connectivity index (χ4n) is 3.17. The van der Waals surface area contributed by atoms with Gasteiger partial charge < -0.3 is 14.3 Å². The van der Waals surface area contributed by atoms with Gasteiger partial charge in [0.25, 0.3) is 0 Å². The second kappa shape index (κ2) is 8.08. The zero-order chi connectivity index (χ0) is 20.3. The molecule has 0 bridgehead atoms. The summed E-state index contributed by atoms with van der Waals surface area (Å²) in [4.78, 5) is 36.9. The van der Waals surface area contributed by atoms with Crippen molar-refractivity contribution in [1.82, 2.24) is 0 Å². The number of fused-ring (bicyclic) bond motifs is 1. The normalized spacial score (nSPS) is 11.9. The van der Waals surface area contributed by atoms with Gasteiger partial charge in [0.15, 0.2) is 0 Å². The van der Waals surface area contributed by atoms with Gasteiger partial charge in [0.2, 0.25) is 5.78 Å². The van der Waals surface area contributed by atoms with Crippen LogP contribution in [0.1, 0.15) is 36.0 Å². The Bertz CT molecular complexity index is 1080. The van der Waals surface area contributed by atoms with Gasteiger partial charge in [-0.1, -0.05) is 42.0 Å². The van der Waals surface area contributed by atoms with Gasteiger partial charge in [0.1, 0.15) is 11.3 Å². The van der Waals surface area contributed by atoms with Gasteiger partial charge in [0, 0.05) is 12.3 Å². The molecular formula is C22H20O6. The van der Waals surface area contributed by atoms with E-state index in [1.54, 1.807) is 55.5 Å². The van der Waals surface area contributed by atoms with Crippen LogP contribution < -0.4 is 5.63 Å². The highest BCUT2D eigenvalue weighted by atomic mass is 16.5. The molecule has 3 rings (SSSR count). The smallest absolute Gasteiger partial charge is 0.374 e. The van der Waals surface area contributed by atoms with Gasteiger partial charge in [-0.2, -0.15) is 0 Å². The van der Waals surface area contributed by atoms with Crippen molar-refractivity contribution < 1.29 is 23.8 Å². The highest BCUT2D eigenvalue weighted by Crippen LogP contribution is 2.36. The van der Waals surface area contributed by atoms with E-state index in [1.807, 2.05) is 6.92 Å². The molecule has 0 radical (unpaired) electrons. The zero-order valence-electron chi connectivity index (χ0n) is 15.6. The Balaban J connectivity index is 2.17. The van der Waals surface area contributed by atoms with Gasteiger partial charge in [-0.3, -0.25) is 4.79 Å². The monoisotopic (exact) mass is 380 g/mol. The van der Waals surface area contributed by atoms with Crippen molar-refractivity contribution in [1.29, 1.82) is 0 Å². The molecule has 0 amide bonds. The number of Topliss-reactive ketones (excluding diaryl/α,β-unsaturated/α-hetero) is 1.